The molecule has 0 aliphatic rings. The Balaban J connectivity index is 2.32. The second-order valence-electron chi connectivity index (χ2n) is 3.52. The number of anilines is 1. The van der Waals surface area contributed by atoms with Gasteiger partial charge in [-0.25, -0.2) is 4.39 Å². The Morgan fingerprint density at radius 2 is 2.06 bits per heavy atom. The van der Waals surface area contributed by atoms with Crippen LogP contribution in [0.25, 0.3) is 0 Å². The predicted molar refractivity (Wildman–Crippen MR) is 60.8 cm³/mol. The first kappa shape index (κ1) is 11.3. The van der Waals surface area contributed by atoms with Crippen molar-refractivity contribution in [2.24, 2.45) is 0 Å². The van der Waals surface area contributed by atoms with E-state index in [-0.39, 0.29) is 17.3 Å². The number of aromatic nitrogens is 2. The number of methoxy groups -OCH3 is 1. The van der Waals surface area contributed by atoms with Crippen LogP contribution in [-0.2, 0) is 0 Å². The molecule has 0 unspecified atom stereocenters. The number of H-pyrrole nitrogens is 1. The molecule has 90 valence electrons. The first-order valence-electron chi connectivity index (χ1n) is 4.93. The van der Waals surface area contributed by atoms with Gasteiger partial charge in [0.15, 0.2) is 11.6 Å². The number of halogens is 1. The van der Waals surface area contributed by atoms with Gasteiger partial charge in [-0.3, -0.25) is 5.10 Å². The molecule has 0 saturated carbocycles. The maximum atomic E-state index is 13.6. The summed E-state index contributed by atoms with van der Waals surface area (Å²) in [6.07, 6.45) is 0. The molecule has 0 aliphatic carbocycles. The van der Waals surface area contributed by atoms with Crippen molar-refractivity contribution in [2.45, 2.75) is 6.92 Å². The summed E-state index contributed by atoms with van der Waals surface area (Å²) in [6.45, 7) is 1.82. The van der Waals surface area contributed by atoms with Crippen molar-refractivity contribution in [3.05, 3.63) is 29.7 Å². The monoisotopic (exact) mass is 237 g/mol. The lowest BCUT2D eigenvalue weighted by molar-refractivity contribution is 0.398. The van der Waals surface area contributed by atoms with Crippen molar-refractivity contribution >= 4 is 5.69 Å². The van der Waals surface area contributed by atoms with Gasteiger partial charge < -0.3 is 15.2 Å². The zero-order chi connectivity index (χ0) is 12.4. The standard InChI is InChI=1S/C11H12FN3O2/c1-6-3-11(15-14-6)17-9-5-10(16-2)8(13)4-7(9)12/h3-5H,13H2,1-2H3,(H,14,15). The van der Waals surface area contributed by atoms with E-state index < -0.39 is 5.82 Å². The molecule has 1 heterocycles. The molecule has 0 atom stereocenters. The first-order valence-corrected chi connectivity index (χ1v) is 4.93. The lowest BCUT2D eigenvalue weighted by atomic mass is 10.2. The van der Waals surface area contributed by atoms with Crippen LogP contribution in [0.1, 0.15) is 5.69 Å². The molecule has 0 radical (unpaired) electrons. The molecule has 0 amide bonds. The summed E-state index contributed by atoms with van der Waals surface area (Å²) in [5, 5.41) is 6.54. The van der Waals surface area contributed by atoms with E-state index in [2.05, 4.69) is 10.2 Å². The lowest BCUT2D eigenvalue weighted by Gasteiger charge is -2.08. The van der Waals surface area contributed by atoms with Gasteiger partial charge >= 0.3 is 0 Å². The molecule has 2 rings (SSSR count). The minimum atomic E-state index is -0.566. The summed E-state index contributed by atoms with van der Waals surface area (Å²) >= 11 is 0. The maximum absolute atomic E-state index is 13.6. The number of nitrogens with zero attached hydrogens (tertiary/aromatic N) is 1. The quantitative estimate of drug-likeness (QED) is 0.803. The molecule has 0 fully saturated rings. The second-order valence-corrected chi connectivity index (χ2v) is 3.52. The zero-order valence-electron chi connectivity index (χ0n) is 9.45. The SMILES string of the molecule is COc1cc(Oc2cc(C)[nH]n2)c(F)cc1N. The van der Waals surface area contributed by atoms with E-state index in [0.717, 1.165) is 11.8 Å². The van der Waals surface area contributed by atoms with Gasteiger partial charge in [0.25, 0.3) is 0 Å². The van der Waals surface area contributed by atoms with E-state index >= 15 is 0 Å². The number of rotatable bonds is 3. The number of hydrogen-bond donors (Lipinski definition) is 2. The third-order valence-electron chi connectivity index (χ3n) is 2.18. The number of aryl methyl sites for hydroxylation is 1. The highest BCUT2D eigenvalue weighted by Crippen LogP contribution is 2.32. The van der Waals surface area contributed by atoms with Gasteiger partial charge in [-0.2, -0.15) is 0 Å². The largest absolute Gasteiger partial charge is 0.494 e. The fourth-order valence-corrected chi connectivity index (χ4v) is 1.36. The molecule has 17 heavy (non-hydrogen) atoms. The third-order valence-corrected chi connectivity index (χ3v) is 2.18. The number of benzene rings is 1. The highest BCUT2D eigenvalue weighted by Gasteiger charge is 2.11. The van der Waals surface area contributed by atoms with Crippen molar-refractivity contribution in [2.75, 3.05) is 12.8 Å². The van der Waals surface area contributed by atoms with E-state index in [1.165, 1.54) is 13.2 Å². The van der Waals surface area contributed by atoms with Crippen molar-refractivity contribution in [1.82, 2.24) is 10.2 Å². The Hall–Kier alpha value is -2.24. The van der Waals surface area contributed by atoms with Gasteiger partial charge in [-0.1, -0.05) is 0 Å². The third kappa shape index (κ3) is 2.30. The van der Waals surface area contributed by atoms with Crippen LogP contribution in [0.5, 0.6) is 17.4 Å². The van der Waals surface area contributed by atoms with Crippen molar-refractivity contribution in [3.8, 4) is 17.4 Å². The molecular weight excluding hydrogens is 225 g/mol. The Kier molecular flexibility index (Phi) is 2.86. The van der Waals surface area contributed by atoms with Crippen LogP contribution < -0.4 is 15.2 Å². The van der Waals surface area contributed by atoms with Crippen LogP contribution in [0, 0.1) is 12.7 Å². The van der Waals surface area contributed by atoms with Gasteiger partial charge in [-0.15, -0.1) is 5.10 Å². The number of aromatic amines is 1. The van der Waals surface area contributed by atoms with Crippen LogP contribution in [-0.4, -0.2) is 17.3 Å². The molecule has 1 aromatic carbocycles. The van der Waals surface area contributed by atoms with E-state index in [0.29, 0.717) is 5.75 Å². The van der Waals surface area contributed by atoms with Crippen LogP contribution in [0.15, 0.2) is 18.2 Å². The number of nitrogens with one attached hydrogen (secondary N) is 1. The van der Waals surface area contributed by atoms with Crippen LogP contribution in [0.4, 0.5) is 10.1 Å². The van der Waals surface area contributed by atoms with Gasteiger partial charge in [0.05, 0.1) is 12.8 Å². The Morgan fingerprint density at radius 3 is 2.65 bits per heavy atom. The maximum Gasteiger partial charge on any atom is 0.238 e. The predicted octanol–water partition coefficient (Wildman–Crippen LogP) is 2.24. The lowest BCUT2D eigenvalue weighted by Crippen LogP contribution is -1.96. The van der Waals surface area contributed by atoms with E-state index in [1.807, 2.05) is 6.92 Å². The molecule has 0 spiro atoms. The molecule has 6 heteroatoms. The molecule has 1 aromatic heterocycles. The number of hydrogen-bond acceptors (Lipinski definition) is 4. The van der Waals surface area contributed by atoms with Gasteiger partial charge in [0.2, 0.25) is 5.88 Å². The average Bonchev–Trinajstić information content (AvgIpc) is 2.68. The highest BCUT2D eigenvalue weighted by atomic mass is 19.1. The molecular formula is C11H12FN3O2. The van der Waals surface area contributed by atoms with E-state index in [1.54, 1.807) is 6.07 Å². The van der Waals surface area contributed by atoms with Gasteiger partial charge in [-0.05, 0) is 6.92 Å². The topological polar surface area (TPSA) is 73.2 Å². The summed E-state index contributed by atoms with van der Waals surface area (Å²) in [7, 11) is 1.45. The number of ether oxygens (including phenoxy) is 2. The summed E-state index contributed by atoms with van der Waals surface area (Å²) in [5.41, 5.74) is 6.60. The van der Waals surface area contributed by atoms with E-state index in [4.69, 9.17) is 15.2 Å². The number of nitrogens with two attached hydrogens (primary N) is 1. The molecule has 0 bridgehead atoms. The Bertz CT molecular complexity index is 540. The van der Waals surface area contributed by atoms with Crippen LogP contribution >= 0.6 is 0 Å². The first-order chi connectivity index (χ1) is 8.10. The normalized spacial score (nSPS) is 10.3. The molecule has 2 aromatic rings. The Labute approximate surface area is 97.3 Å². The summed E-state index contributed by atoms with van der Waals surface area (Å²) in [6, 6.07) is 4.19. The minimum Gasteiger partial charge on any atom is -0.494 e. The second kappa shape index (κ2) is 4.32. The van der Waals surface area contributed by atoms with Crippen molar-refractivity contribution < 1.29 is 13.9 Å². The fraction of sp³-hybridized carbons (Fsp3) is 0.182. The van der Waals surface area contributed by atoms with Gasteiger partial charge in [0, 0.05) is 23.9 Å². The summed E-state index contributed by atoms with van der Waals surface area (Å²) in [5.74, 6) is 0.0911. The van der Waals surface area contributed by atoms with E-state index in [9.17, 15) is 4.39 Å². The van der Waals surface area contributed by atoms with Crippen molar-refractivity contribution in [3.63, 3.8) is 0 Å². The van der Waals surface area contributed by atoms with Gasteiger partial charge in [0.1, 0.15) is 5.75 Å². The Morgan fingerprint density at radius 1 is 1.29 bits per heavy atom. The average molecular weight is 237 g/mol. The molecule has 0 saturated heterocycles. The minimum absolute atomic E-state index is 0.0163. The zero-order valence-corrected chi connectivity index (χ0v) is 9.45. The molecule has 5 nitrogen and oxygen atoms in total. The smallest absolute Gasteiger partial charge is 0.238 e. The number of nitrogen functional groups attached to an aromatic ring is 1. The van der Waals surface area contributed by atoms with Crippen LogP contribution in [0.2, 0.25) is 0 Å². The van der Waals surface area contributed by atoms with Crippen molar-refractivity contribution in [1.29, 1.82) is 0 Å². The highest BCUT2D eigenvalue weighted by molar-refractivity contribution is 5.56. The molecule has 3 N–H and O–H groups in total. The summed E-state index contributed by atoms with van der Waals surface area (Å²) < 4.78 is 23.8. The fourth-order valence-electron chi connectivity index (χ4n) is 1.36. The van der Waals surface area contributed by atoms with Crippen LogP contribution in [0.3, 0.4) is 0 Å². The summed E-state index contributed by atoms with van der Waals surface area (Å²) in [4.78, 5) is 0. The molecule has 0 aliphatic heterocycles.